The topological polar surface area (TPSA) is 74.2 Å². The van der Waals surface area contributed by atoms with Crippen molar-refractivity contribution < 1.29 is 17.9 Å². The Hall–Kier alpha value is -0.770. The molecule has 0 amide bonds. The van der Waals surface area contributed by atoms with E-state index >= 15 is 0 Å². The SMILES string of the molecule is NCc1ncc(I)c(OC(F)(F)F)c1N. The molecule has 4 N–H and O–H groups in total. The molecule has 1 aromatic rings. The second-order valence-electron chi connectivity index (χ2n) is 2.55. The van der Waals surface area contributed by atoms with E-state index in [9.17, 15) is 13.2 Å². The molecule has 0 fully saturated rings. The molecule has 0 radical (unpaired) electrons. The number of halogens is 4. The molecule has 0 spiro atoms. The van der Waals surface area contributed by atoms with Gasteiger partial charge in [0.2, 0.25) is 0 Å². The van der Waals surface area contributed by atoms with Gasteiger partial charge in [0.15, 0.2) is 5.75 Å². The molecule has 0 atom stereocenters. The number of aromatic nitrogens is 1. The summed E-state index contributed by atoms with van der Waals surface area (Å²) in [4.78, 5) is 3.78. The second kappa shape index (κ2) is 4.39. The van der Waals surface area contributed by atoms with Crippen molar-refractivity contribution in [3.63, 3.8) is 0 Å². The van der Waals surface area contributed by atoms with E-state index in [0.717, 1.165) is 0 Å². The molecule has 0 unspecified atom stereocenters. The monoisotopic (exact) mass is 333 g/mol. The lowest BCUT2D eigenvalue weighted by atomic mass is 10.3. The maximum atomic E-state index is 12.0. The number of anilines is 1. The van der Waals surface area contributed by atoms with Crippen LogP contribution in [0.15, 0.2) is 6.20 Å². The Labute approximate surface area is 96.9 Å². The van der Waals surface area contributed by atoms with Crippen molar-refractivity contribution in [3.8, 4) is 5.75 Å². The highest BCUT2D eigenvalue weighted by Crippen LogP contribution is 2.33. The summed E-state index contributed by atoms with van der Waals surface area (Å²) in [5.41, 5.74) is 10.7. The maximum absolute atomic E-state index is 12.0. The highest BCUT2D eigenvalue weighted by atomic mass is 127. The van der Waals surface area contributed by atoms with Crippen molar-refractivity contribution in [2.45, 2.75) is 12.9 Å². The van der Waals surface area contributed by atoms with E-state index in [1.165, 1.54) is 6.20 Å². The third kappa shape index (κ3) is 3.09. The Morgan fingerprint density at radius 1 is 1.47 bits per heavy atom. The van der Waals surface area contributed by atoms with Crippen molar-refractivity contribution in [2.24, 2.45) is 5.73 Å². The molecular weight excluding hydrogens is 326 g/mol. The first-order valence-electron chi connectivity index (χ1n) is 3.74. The van der Waals surface area contributed by atoms with E-state index in [1.54, 1.807) is 22.6 Å². The van der Waals surface area contributed by atoms with Crippen molar-refractivity contribution in [1.29, 1.82) is 0 Å². The average molecular weight is 333 g/mol. The Morgan fingerprint density at radius 2 is 2.07 bits per heavy atom. The van der Waals surface area contributed by atoms with Gasteiger partial charge in [-0.05, 0) is 22.6 Å². The lowest BCUT2D eigenvalue weighted by Gasteiger charge is -2.14. The number of rotatable bonds is 2. The number of pyridine rings is 1. The van der Waals surface area contributed by atoms with Crippen molar-refractivity contribution in [1.82, 2.24) is 4.98 Å². The third-order valence-electron chi connectivity index (χ3n) is 1.52. The Morgan fingerprint density at radius 3 is 2.53 bits per heavy atom. The molecule has 0 aliphatic heterocycles. The summed E-state index contributed by atoms with van der Waals surface area (Å²) in [5, 5.41) is 0. The fraction of sp³-hybridized carbons (Fsp3) is 0.286. The molecule has 15 heavy (non-hydrogen) atoms. The summed E-state index contributed by atoms with van der Waals surface area (Å²) in [5.74, 6) is -0.446. The van der Waals surface area contributed by atoms with Crippen LogP contribution in [-0.2, 0) is 6.54 Å². The van der Waals surface area contributed by atoms with E-state index in [4.69, 9.17) is 11.5 Å². The van der Waals surface area contributed by atoms with E-state index in [0.29, 0.717) is 0 Å². The van der Waals surface area contributed by atoms with Gasteiger partial charge in [0.05, 0.1) is 15.0 Å². The fourth-order valence-electron chi connectivity index (χ4n) is 0.905. The van der Waals surface area contributed by atoms with Gasteiger partial charge in [-0.15, -0.1) is 13.2 Å². The summed E-state index contributed by atoms with van der Waals surface area (Å²) in [6.07, 6.45) is -3.55. The van der Waals surface area contributed by atoms with E-state index < -0.39 is 12.1 Å². The van der Waals surface area contributed by atoms with Crippen LogP contribution < -0.4 is 16.2 Å². The molecule has 8 heteroatoms. The van der Waals surface area contributed by atoms with Gasteiger partial charge in [0, 0.05) is 12.7 Å². The van der Waals surface area contributed by atoms with E-state index in [2.05, 4.69) is 9.72 Å². The van der Waals surface area contributed by atoms with Gasteiger partial charge in [-0.3, -0.25) is 4.98 Å². The number of ether oxygens (including phenoxy) is 1. The lowest BCUT2D eigenvalue weighted by Crippen LogP contribution is -2.20. The van der Waals surface area contributed by atoms with E-state index in [-0.39, 0.29) is 21.5 Å². The molecule has 0 saturated heterocycles. The van der Waals surface area contributed by atoms with Crippen LogP contribution in [0.1, 0.15) is 5.69 Å². The van der Waals surface area contributed by atoms with Crippen molar-refractivity contribution in [3.05, 3.63) is 15.5 Å². The minimum atomic E-state index is -4.78. The van der Waals surface area contributed by atoms with Gasteiger partial charge in [0.1, 0.15) is 0 Å². The van der Waals surface area contributed by atoms with Gasteiger partial charge < -0.3 is 16.2 Å². The van der Waals surface area contributed by atoms with Gasteiger partial charge >= 0.3 is 6.36 Å². The molecular formula is C7H7F3IN3O. The molecule has 0 saturated carbocycles. The molecule has 0 aliphatic rings. The van der Waals surface area contributed by atoms with Crippen LogP contribution in [0.3, 0.4) is 0 Å². The fourth-order valence-corrected chi connectivity index (χ4v) is 1.44. The second-order valence-corrected chi connectivity index (χ2v) is 3.71. The maximum Gasteiger partial charge on any atom is 0.573 e. The smallest absolute Gasteiger partial charge is 0.402 e. The first-order chi connectivity index (χ1) is 6.85. The van der Waals surface area contributed by atoms with Gasteiger partial charge in [0.25, 0.3) is 0 Å². The Balaban J connectivity index is 3.15. The normalized spacial score (nSPS) is 11.5. The molecule has 1 aromatic heterocycles. The van der Waals surface area contributed by atoms with Crippen LogP contribution in [0.2, 0.25) is 0 Å². The quantitative estimate of drug-likeness (QED) is 0.807. The number of nitrogens with zero attached hydrogens (tertiary/aromatic N) is 1. The lowest BCUT2D eigenvalue weighted by molar-refractivity contribution is -0.274. The zero-order valence-corrected chi connectivity index (χ0v) is 9.46. The van der Waals surface area contributed by atoms with Gasteiger partial charge in [-0.25, -0.2) is 0 Å². The number of nitrogens with two attached hydrogens (primary N) is 2. The highest BCUT2D eigenvalue weighted by molar-refractivity contribution is 14.1. The van der Waals surface area contributed by atoms with E-state index in [1.807, 2.05) is 0 Å². The minimum absolute atomic E-state index is 0.0447. The molecule has 4 nitrogen and oxygen atoms in total. The van der Waals surface area contributed by atoms with Crippen molar-refractivity contribution >= 4 is 28.3 Å². The molecule has 0 aliphatic carbocycles. The van der Waals surface area contributed by atoms with Crippen LogP contribution in [0.25, 0.3) is 0 Å². The predicted molar refractivity (Wildman–Crippen MR) is 55.9 cm³/mol. The highest BCUT2D eigenvalue weighted by Gasteiger charge is 2.33. The summed E-state index contributed by atoms with van der Waals surface area (Å²) < 4.78 is 40.0. The molecule has 0 aromatic carbocycles. The Kier molecular flexibility index (Phi) is 3.60. The number of hydrogen-bond donors (Lipinski definition) is 2. The molecule has 0 bridgehead atoms. The average Bonchev–Trinajstić information content (AvgIpc) is 2.11. The van der Waals surface area contributed by atoms with Crippen LogP contribution in [0.4, 0.5) is 18.9 Å². The summed E-state index contributed by atoms with van der Waals surface area (Å²) >= 11 is 1.65. The molecule has 1 rings (SSSR count). The first kappa shape index (κ1) is 12.3. The third-order valence-corrected chi connectivity index (χ3v) is 2.29. The van der Waals surface area contributed by atoms with Crippen LogP contribution in [-0.4, -0.2) is 11.3 Å². The molecule has 1 heterocycles. The number of hydrogen-bond acceptors (Lipinski definition) is 4. The zero-order chi connectivity index (χ0) is 11.6. The van der Waals surface area contributed by atoms with Gasteiger partial charge in [-0.2, -0.15) is 0 Å². The molecule has 84 valence electrons. The van der Waals surface area contributed by atoms with Crippen molar-refractivity contribution in [2.75, 3.05) is 5.73 Å². The summed E-state index contributed by atoms with van der Waals surface area (Å²) in [7, 11) is 0. The van der Waals surface area contributed by atoms with Gasteiger partial charge in [-0.1, -0.05) is 0 Å². The minimum Gasteiger partial charge on any atom is -0.402 e. The van der Waals surface area contributed by atoms with Crippen LogP contribution >= 0.6 is 22.6 Å². The van der Waals surface area contributed by atoms with Crippen LogP contribution in [0, 0.1) is 3.57 Å². The standard InChI is InChI=1S/C7H7F3IN3O/c8-7(9,10)15-6-3(11)2-14-4(1-12)5(6)13/h2H,1,12-13H2. The largest absolute Gasteiger partial charge is 0.573 e. The first-order valence-corrected chi connectivity index (χ1v) is 4.81. The number of nitrogen functional groups attached to an aromatic ring is 1. The zero-order valence-electron chi connectivity index (χ0n) is 7.31. The summed E-state index contributed by atoms with van der Waals surface area (Å²) in [6, 6.07) is 0. The predicted octanol–water partition coefficient (Wildman–Crippen LogP) is 1.63. The summed E-state index contributed by atoms with van der Waals surface area (Å²) in [6.45, 7) is -0.0447. The van der Waals surface area contributed by atoms with Crippen LogP contribution in [0.5, 0.6) is 5.75 Å². The number of alkyl halides is 3. The Bertz CT molecular complexity index is 369.